The maximum Gasteiger partial charge on any atom is 0.321 e. The van der Waals surface area contributed by atoms with E-state index in [1.54, 1.807) is 0 Å². The zero-order valence-corrected chi connectivity index (χ0v) is 17.5. The highest BCUT2D eigenvalue weighted by molar-refractivity contribution is 7.99. The number of nitrogens with one attached hydrogen (secondary N) is 2. The fourth-order valence-corrected chi connectivity index (χ4v) is 3.89. The van der Waals surface area contributed by atoms with Crippen LogP contribution in [0.2, 0.25) is 0 Å². The minimum Gasteiger partial charge on any atom is -0.338 e. The molecule has 3 aromatic rings. The number of thioether (sulfide) groups is 1. The molecule has 0 radical (unpaired) electrons. The van der Waals surface area contributed by atoms with E-state index in [0.29, 0.717) is 30.1 Å². The number of carbonyl (C=O) groups excluding carboxylic acids is 2. The number of benzene rings is 1. The van der Waals surface area contributed by atoms with E-state index in [1.165, 1.54) is 11.8 Å². The van der Waals surface area contributed by atoms with E-state index >= 15 is 0 Å². The Morgan fingerprint density at radius 3 is 2.76 bits per heavy atom. The lowest BCUT2D eigenvalue weighted by Crippen LogP contribution is -2.41. The quantitative estimate of drug-likeness (QED) is 0.607. The Labute approximate surface area is 173 Å². The van der Waals surface area contributed by atoms with Crippen molar-refractivity contribution >= 4 is 40.4 Å². The molecule has 2 N–H and O–H groups in total. The summed E-state index contributed by atoms with van der Waals surface area (Å²) < 4.78 is 1.91. The summed E-state index contributed by atoms with van der Waals surface area (Å²) in [5, 5.41) is 15.5. The first-order valence-electron chi connectivity index (χ1n) is 9.48. The predicted octanol–water partition coefficient (Wildman–Crippen LogP) is 3.50. The number of pyridine rings is 1. The largest absolute Gasteiger partial charge is 0.338 e. The molecule has 0 aliphatic rings. The number of aryl methyl sites for hydroxylation is 1. The summed E-state index contributed by atoms with van der Waals surface area (Å²) in [5.41, 5.74) is 3.68. The van der Waals surface area contributed by atoms with Crippen molar-refractivity contribution in [1.82, 2.24) is 20.0 Å². The normalized spacial score (nSPS) is 11.0. The number of amides is 3. The molecule has 0 bridgehead atoms. The summed E-state index contributed by atoms with van der Waals surface area (Å²) in [6.07, 6.45) is 0.681. The number of imidazole rings is 1. The first-order chi connectivity index (χ1) is 13.9. The zero-order chi connectivity index (χ0) is 21.0. The Kier molecular flexibility index (Phi) is 6.39. The van der Waals surface area contributed by atoms with Gasteiger partial charge in [-0.2, -0.15) is 5.26 Å². The average Bonchev–Trinajstić information content (AvgIpc) is 3.09. The second-order valence-electron chi connectivity index (χ2n) is 7.05. The molecule has 0 saturated carbocycles. The molecule has 0 spiro atoms. The van der Waals surface area contributed by atoms with E-state index in [4.69, 9.17) is 0 Å². The molecule has 0 aliphatic heterocycles. The number of nitrogens with zero attached hydrogens (tertiary/aromatic N) is 3. The number of hydrogen-bond acceptors (Lipinski definition) is 5. The maximum atomic E-state index is 12.2. The number of aromatic nitrogens is 2. The van der Waals surface area contributed by atoms with E-state index in [-0.39, 0.29) is 11.7 Å². The summed E-state index contributed by atoms with van der Waals surface area (Å²) in [7, 11) is 0. The van der Waals surface area contributed by atoms with E-state index in [2.05, 4.69) is 21.7 Å². The summed E-state index contributed by atoms with van der Waals surface area (Å²) in [6.45, 7) is 6.45. The average molecular weight is 410 g/mol. The third-order valence-corrected chi connectivity index (χ3v) is 5.39. The van der Waals surface area contributed by atoms with Crippen molar-refractivity contribution in [2.45, 2.75) is 32.2 Å². The second kappa shape index (κ2) is 8.97. The van der Waals surface area contributed by atoms with E-state index < -0.39 is 6.03 Å². The molecular weight excluding hydrogens is 386 g/mol. The summed E-state index contributed by atoms with van der Waals surface area (Å²) in [6, 6.07) is 11.4. The van der Waals surface area contributed by atoms with Gasteiger partial charge in [-0.1, -0.05) is 44.7 Å². The van der Waals surface area contributed by atoms with Crippen LogP contribution in [-0.2, 0) is 11.2 Å². The molecule has 0 atom stereocenters. The Morgan fingerprint density at radius 1 is 1.31 bits per heavy atom. The third kappa shape index (κ3) is 4.51. The van der Waals surface area contributed by atoms with Gasteiger partial charge in [0.05, 0.1) is 27.4 Å². The summed E-state index contributed by atoms with van der Waals surface area (Å²) >= 11 is 1.31. The van der Waals surface area contributed by atoms with Gasteiger partial charge in [0.1, 0.15) is 6.07 Å². The van der Waals surface area contributed by atoms with Crippen LogP contribution in [-0.4, -0.2) is 33.6 Å². The minimum atomic E-state index is -0.489. The van der Waals surface area contributed by atoms with E-state index in [0.717, 1.165) is 21.6 Å². The van der Waals surface area contributed by atoms with Gasteiger partial charge in [-0.05, 0) is 36.1 Å². The van der Waals surface area contributed by atoms with Gasteiger partial charge in [0.2, 0.25) is 5.91 Å². The van der Waals surface area contributed by atoms with Gasteiger partial charge in [0.15, 0.2) is 5.65 Å². The molecule has 0 aliphatic carbocycles. The molecule has 0 fully saturated rings. The summed E-state index contributed by atoms with van der Waals surface area (Å²) in [4.78, 5) is 28.6. The van der Waals surface area contributed by atoms with Crippen LogP contribution in [0.25, 0.3) is 16.7 Å². The van der Waals surface area contributed by atoms with Crippen molar-refractivity contribution in [1.29, 1.82) is 5.26 Å². The molecule has 150 valence electrons. The van der Waals surface area contributed by atoms with Crippen LogP contribution >= 0.6 is 11.8 Å². The van der Waals surface area contributed by atoms with Crippen LogP contribution in [0.5, 0.6) is 0 Å². The molecule has 2 heterocycles. The van der Waals surface area contributed by atoms with Crippen molar-refractivity contribution < 1.29 is 9.59 Å². The second-order valence-corrected chi connectivity index (χ2v) is 8.04. The number of rotatable bonds is 6. The van der Waals surface area contributed by atoms with Gasteiger partial charge in [-0.25, -0.2) is 9.78 Å². The van der Waals surface area contributed by atoms with Crippen molar-refractivity contribution in [2.75, 3.05) is 12.3 Å². The lowest BCUT2D eigenvalue weighted by atomic mass is 10.1. The third-order valence-electron chi connectivity index (χ3n) is 4.39. The lowest BCUT2D eigenvalue weighted by Gasteiger charge is -2.11. The number of fused-ring (bicyclic) bond motifs is 3. The van der Waals surface area contributed by atoms with Gasteiger partial charge in [0, 0.05) is 6.54 Å². The van der Waals surface area contributed by atoms with Crippen LogP contribution in [0.1, 0.15) is 31.9 Å². The zero-order valence-electron chi connectivity index (χ0n) is 16.7. The smallest absolute Gasteiger partial charge is 0.321 e. The predicted molar refractivity (Wildman–Crippen MR) is 114 cm³/mol. The Hall–Kier alpha value is -3.05. The first kappa shape index (κ1) is 20.7. The number of para-hydroxylation sites is 2. The molecule has 0 unspecified atom stereocenters. The molecule has 8 heteroatoms. The van der Waals surface area contributed by atoms with Gasteiger partial charge in [0.25, 0.3) is 0 Å². The monoisotopic (exact) mass is 409 g/mol. The van der Waals surface area contributed by atoms with Gasteiger partial charge >= 0.3 is 6.03 Å². The van der Waals surface area contributed by atoms with E-state index in [9.17, 15) is 14.9 Å². The molecule has 7 nitrogen and oxygen atoms in total. The summed E-state index contributed by atoms with van der Waals surface area (Å²) in [5.74, 6) is 0.00144. The van der Waals surface area contributed by atoms with Gasteiger partial charge < -0.3 is 5.32 Å². The van der Waals surface area contributed by atoms with Crippen molar-refractivity contribution in [3.05, 3.63) is 41.5 Å². The fraction of sp³-hybridized carbons (Fsp3) is 0.333. The van der Waals surface area contributed by atoms with Crippen molar-refractivity contribution in [3.63, 3.8) is 0 Å². The van der Waals surface area contributed by atoms with E-state index in [1.807, 2.05) is 55.5 Å². The lowest BCUT2D eigenvalue weighted by molar-refractivity contribution is -0.117. The van der Waals surface area contributed by atoms with Crippen molar-refractivity contribution in [2.24, 2.45) is 5.92 Å². The maximum absolute atomic E-state index is 12.2. The molecule has 2 aromatic heterocycles. The van der Waals surface area contributed by atoms with Crippen LogP contribution in [0.4, 0.5) is 4.79 Å². The highest BCUT2D eigenvalue weighted by Crippen LogP contribution is 2.29. The first-order valence-corrected chi connectivity index (χ1v) is 10.5. The molecule has 0 saturated heterocycles. The molecule has 29 heavy (non-hydrogen) atoms. The number of hydrogen-bond donors (Lipinski definition) is 2. The van der Waals surface area contributed by atoms with Crippen molar-refractivity contribution in [3.8, 4) is 6.07 Å². The van der Waals surface area contributed by atoms with Gasteiger partial charge in [-0.3, -0.25) is 14.5 Å². The highest BCUT2D eigenvalue weighted by atomic mass is 32.2. The topological polar surface area (TPSA) is 99.3 Å². The molecular formula is C21H23N5O2S. The van der Waals surface area contributed by atoms with Crippen LogP contribution in [0.3, 0.4) is 0 Å². The number of nitriles is 1. The number of imide groups is 1. The van der Waals surface area contributed by atoms with Crippen LogP contribution < -0.4 is 10.6 Å². The molecule has 3 amide bonds. The Balaban J connectivity index is 1.88. The highest BCUT2D eigenvalue weighted by Gasteiger charge is 2.17. The standard InChI is InChI=1S/C21H23N5O2S/c1-4-14-9-19(29-12-18(27)25-21(28)23-11-13(2)3)26-17-8-6-5-7-16(17)24-20(26)15(14)10-22/h5-9,13H,4,11-12H2,1-3H3,(H2,23,25,27,28). The number of carbonyl (C=O) groups is 2. The Bertz CT molecular complexity index is 1110. The molecule has 1 aromatic carbocycles. The minimum absolute atomic E-state index is 0.0752. The molecule has 3 rings (SSSR count). The fourth-order valence-electron chi connectivity index (χ4n) is 3.00. The Morgan fingerprint density at radius 2 is 2.07 bits per heavy atom. The van der Waals surface area contributed by atoms with Crippen LogP contribution in [0, 0.1) is 17.2 Å². The van der Waals surface area contributed by atoms with Gasteiger partial charge in [-0.15, -0.1) is 0 Å². The van der Waals surface area contributed by atoms with Crippen LogP contribution in [0.15, 0.2) is 35.4 Å². The SMILES string of the molecule is CCc1cc(SCC(=O)NC(=O)NCC(C)C)n2c(nc3ccccc32)c1C#N. The number of urea groups is 1.